The zero-order valence-electron chi connectivity index (χ0n) is 9.75. The molecule has 86 valence electrons. The van der Waals surface area contributed by atoms with Gasteiger partial charge in [-0.2, -0.15) is 0 Å². The first-order valence-electron chi connectivity index (χ1n) is 5.08. The van der Waals surface area contributed by atoms with Crippen LogP contribution in [0, 0.1) is 0 Å². The van der Waals surface area contributed by atoms with Gasteiger partial charge in [-0.1, -0.05) is 0 Å². The molecule has 1 aromatic heterocycles. The molecule has 0 aliphatic carbocycles. The zero-order valence-corrected chi connectivity index (χ0v) is 10.5. The summed E-state index contributed by atoms with van der Waals surface area (Å²) < 4.78 is 7.63. The lowest BCUT2D eigenvalue weighted by Crippen LogP contribution is -2.20. The number of aromatic nitrogens is 3. The molecule has 0 aliphatic heterocycles. The lowest BCUT2D eigenvalue weighted by Gasteiger charge is -2.19. The maximum absolute atomic E-state index is 5.75. The van der Waals surface area contributed by atoms with Crippen LogP contribution >= 0.6 is 11.6 Å². The molecule has 0 amide bonds. The Balaban J connectivity index is 2.73. The van der Waals surface area contributed by atoms with E-state index in [1.165, 1.54) is 0 Å². The van der Waals surface area contributed by atoms with Crippen molar-refractivity contribution in [1.29, 1.82) is 0 Å². The molecule has 0 bridgehead atoms. The van der Waals surface area contributed by atoms with Gasteiger partial charge >= 0.3 is 0 Å². The lowest BCUT2D eigenvalue weighted by molar-refractivity contribution is -0.0194. The molecule has 0 unspecified atom stereocenters. The first-order chi connectivity index (χ1) is 6.98. The van der Waals surface area contributed by atoms with Gasteiger partial charge in [-0.15, -0.1) is 21.8 Å². The second kappa shape index (κ2) is 4.94. The average molecular weight is 232 g/mol. The molecular formula is C10H18ClN3O. The Labute approximate surface area is 95.6 Å². The van der Waals surface area contributed by atoms with Crippen LogP contribution in [0.25, 0.3) is 0 Å². The van der Waals surface area contributed by atoms with Crippen LogP contribution in [0.1, 0.15) is 39.3 Å². The molecule has 0 aliphatic rings. The third-order valence-electron chi connectivity index (χ3n) is 1.97. The zero-order chi connectivity index (χ0) is 11.5. The summed E-state index contributed by atoms with van der Waals surface area (Å²) in [5, 5.41) is 8.07. The number of rotatable bonds is 4. The molecule has 0 atom stereocenters. The molecule has 0 saturated carbocycles. The Bertz CT molecular complexity index is 317. The summed E-state index contributed by atoms with van der Waals surface area (Å²) in [7, 11) is 0. The highest BCUT2D eigenvalue weighted by Gasteiger charge is 2.14. The van der Waals surface area contributed by atoms with Gasteiger partial charge in [0, 0.05) is 6.54 Å². The van der Waals surface area contributed by atoms with Crippen molar-refractivity contribution in [2.24, 2.45) is 0 Å². The van der Waals surface area contributed by atoms with Crippen LogP contribution in [0.4, 0.5) is 0 Å². The Kier molecular flexibility index (Phi) is 4.11. The molecule has 0 aromatic carbocycles. The number of hydrogen-bond donors (Lipinski definition) is 0. The van der Waals surface area contributed by atoms with E-state index in [-0.39, 0.29) is 5.60 Å². The Morgan fingerprint density at radius 3 is 2.33 bits per heavy atom. The first-order valence-corrected chi connectivity index (χ1v) is 5.62. The van der Waals surface area contributed by atoms with Crippen LogP contribution in [0.5, 0.6) is 0 Å². The fourth-order valence-electron chi connectivity index (χ4n) is 1.22. The smallest absolute Gasteiger partial charge is 0.159 e. The van der Waals surface area contributed by atoms with Gasteiger partial charge in [0.2, 0.25) is 0 Å². The monoisotopic (exact) mass is 231 g/mol. The minimum Gasteiger partial charge on any atom is -0.368 e. The Hall–Kier alpha value is -0.610. The first kappa shape index (κ1) is 12.5. The molecule has 5 heteroatoms. The highest BCUT2D eigenvalue weighted by Crippen LogP contribution is 2.12. The predicted molar refractivity (Wildman–Crippen MR) is 59.8 cm³/mol. The van der Waals surface area contributed by atoms with Crippen molar-refractivity contribution < 1.29 is 4.74 Å². The summed E-state index contributed by atoms with van der Waals surface area (Å²) in [6.45, 7) is 9.38. The van der Waals surface area contributed by atoms with E-state index < -0.39 is 0 Å². The standard InChI is InChI=1S/C10H18ClN3O/c1-5-14-8(6-11)12-13-9(14)7-15-10(2,3)4/h5-7H2,1-4H3. The molecular weight excluding hydrogens is 214 g/mol. The fraction of sp³-hybridized carbons (Fsp3) is 0.800. The van der Waals surface area contributed by atoms with E-state index in [4.69, 9.17) is 16.3 Å². The fourth-order valence-corrected chi connectivity index (χ4v) is 1.42. The molecule has 15 heavy (non-hydrogen) atoms. The van der Waals surface area contributed by atoms with Gasteiger partial charge < -0.3 is 9.30 Å². The van der Waals surface area contributed by atoms with Crippen LogP contribution in [0.2, 0.25) is 0 Å². The molecule has 4 nitrogen and oxygen atoms in total. The van der Waals surface area contributed by atoms with Crippen molar-refractivity contribution in [2.45, 2.75) is 52.3 Å². The van der Waals surface area contributed by atoms with Crippen molar-refractivity contribution in [3.05, 3.63) is 11.6 Å². The van der Waals surface area contributed by atoms with E-state index in [0.717, 1.165) is 18.2 Å². The van der Waals surface area contributed by atoms with Crippen molar-refractivity contribution in [2.75, 3.05) is 0 Å². The second-order valence-electron chi connectivity index (χ2n) is 4.31. The maximum atomic E-state index is 5.75. The largest absolute Gasteiger partial charge is 0.368 e. The quantitative estimate of drug-likeness (QED) is 0.747. The van der Waals surface area contributed by atoms with Crippen LogP contribution in [-0.4, -0.2) is 20.4 Å². The van der Waals surface area contributed by atoms with Gasteiger partial charge in [0.15, 0.2) is 5.82 Å². The molecule has 0 spiro atoms. The van der Waals surface area contributed by atoms with Crippen molar-refractivity contribution in [3.8, 4) is 0 Å². The third kappa shape index (κ3) is 3.47. The van der Waals surface area contributed by atoms with E-state index in [1.807, 2.05) is 32.3 Å². The van der Waals surface area contributed by atoms with E-state index in [0.29, 0.717) is 12.5 Å². The van der Waals surface area contributed by atoms with Crippen LogP contribution in [-0.2, 0) is 23.8 Å². The topological polar surface area (TPSA) is 39.9 Å². The highest BCUT2D eigenvalue weighted by atomic mass is 35.5. The lowest BCUT2D eigenvalue weighted by atomic mass is 10.2. The molecule has 1 heterocycles. The highest BCUT2D eigenvalue weighted by molar-refractivity contribution is 6.16. The van der Waals surface area contributed by atoms with Crippen LogP contribution < -0.4 is 0 Å². The molecule has 0 N–H and O–H groups in total. The molecule has 0 fully saturated rings. The summed E-state index contributed by atoms with van der Waals surface area (Å²) in [4.78, 5) is 0. The van der Waals surface area contributed by atoms with Crippen LogP contribution in [0.15, 0.2) is 0 Å². The molecule has 1 aromatic rings. The second-order valence-corrected chi connectivity index (χ2v) is 4.58. The minimum absolute atomic E-state index is 0.161. The number of nitrogens with zero attached hydrogens (tertiary/aromatic N) is 3. The SMILES string of the molecule is CCn1c(CCl)nnc1COC(C)(C)C. The van der Waals surface area contributed by atoms with Gasteiger partial charge in [0.25, 0.3) is 0 Å². The van der Waals surface area contributed by atoms with Gasteiger partial charge in [0.1, 0.15) is 12.4 Å². The average Bonchev–Trinajstić information content (AvgIpc) is 2.55. The van der Waals surface area contributed by atoms with Crippen molar-refractivity contribution >= 4 is 11.6 Å². The summed E-state index contributed by atoms with van der Waals surface area (Å²) in [6, 6.07) is 0. The summed E-state index contributed by atoms with van der Waals surface area (Å²) >= 11 is 5.75. The van der Waals surface area contributed by atoms with E-state index >= 15 is 0 Å². The van der Waals surface area contributed by atoms with Gasteiger partial charge in [0.05, 0.1) is 11.5 Å². The van der Waals surface area contributed by atoms with Crippen molar-refractivity contribution in [1.82, 2.24) is 14.8 Å². The van der Waals surface area contributed by atoms with Crippen LogP contribution in [0.3, 0.4) is 0 Å². The molecule has 0 radical (unpaired) electrons. The minimum atomic E-state index is -0.161. The van der Waals surface area contributed by atoms with E-state index in [2.05, 4.69) is 10.2 Å². The van der Waals surface area contributed by atoms with Gasteiger partial charge in [-0.3, -0.25) is 0 Å². The Morgan fingerprint density at radius 1 is 1.27 bits per heavy atom. The number of alkyl halides is 1. The maximum Gasteiger partial charge on any atom is 0.159 e. The molecule has 1 rings (SSSR count). The number of ether oxygens (including phenoxy) is 1. The molecule has 0 saturated heterocycles. The van der Waals surface area contributed by atoms with E-state index in [9.17, 15) is 0 Å². The number of halogens is 1. The summed E-state index contributed by atoms with van der Waals surface area (Å²) in [5.74, 6) is 2.02. The predicted octanol–water partition coefficient (Wildman–Crippen LogP) is 2.35. The third-order valence-corrected chi connectivity index (χ3v) is 2.21. The van der Waals surface area contributed by atoms with Gasteiger partial charge in [-0.05, 0) is 27.7 Å². The summed E-state index contributed by atoms with van der Waals surface area (Å²) in [5.41, 5.74) is -0.161. The summed E-state index contributed by atoms with van der Waals surface area (Å²) in [6.07, 6.45) is 0. The Morgan fingerprint density at radius 2 is 1.87 bits per heavy atom. The number of hydrogen-bond acceptors (Lipinski definition) is 3. The van der Waals surface area contributed by atoms with Gasteiger partial charge in [-0.25, -0.2) is 0 Å². The van der Waals surface area contributed by atoms with Crippen molar-refractivity contribution in [3.63, 3.8) is 0 Å². The normalized spacial score (nSPS) is 12.1. The van der Waals surface area contributed by atoms with E-state index in [1.54, 1.807) is 0 Å².